The molecular formula is C11H10Cl2N4O. The molecule has 0 unspecified atom stereocenters. The van der Waals surface area contributed by atoms with E-state index in [4.69, 9.17) is 23.2 Å². The molecule has 0 saturated heterocycles. The summed E-state index contributed by atoms with van der Waals surface area (Å²) in [4.78, 5) is 13.1. The largest absolute Gasteiger partial charge is 0.299 e. The molecule has 0 atom stereocenters. The second-order valence-electron chi connectivity index (χ2n) is 3.84. The van der Waals surface area contributed by atoms with Crippen molar-refractivity contribution < 1.29 is 4.79 Å². The summed E-state index contributed by atoms with van der Waals surface area (Å²) in [6.07, 6.45) is 0.434. The van der Waals surface area contributed by atoms with E-state index in [-0.39, 0.29) is 18.6 Å². The summed E-state index contributed by atoms with van der Waals surface area (Å²) < 4.78 is 0. The smallest absolute Gasteiger partial charge is 0.182 e. The summed E-state index contributed by atoms with van der Waals surface area (Å²) in [5.74, 6) is 0.420. The van der Waals surface area contributed by atoms with E-state index in [1.54, 1.807) is 25.2 Å². The Labute approximate surface area is 114 Å². The van der Waals surface area contributed by atoms with Crippen molar-refractivity contribution in [2.75, 3.05) is 0 Å². The zero-order chi connectivity index (χ0) is 13.1. The van der Waals surface area contributed by atoms with Crippen LogP contribution in [0.15, 0.2) is 18.2 Å². The Morgan fingerprint density at radius 3 is 2.67 bits per heavy atom. The lowest BCUT2D eigenvalue weighted by molar-refractivity contribution is -0.117. The summed E-state index contributed by atoms with van der Waals surface area (Å²) >= 11 is 11.7. The van der Waals surface area contributed by atoms with Gasteiger partial charge in [-0.2, -0.15) is 4.80 Å². The molecule has 1 aromatic carbocycles. The number of hydrogen-bond acceptors (Lipinski definition) is 4. The topological polar surface area (TPSA) is 60.7 Å². The maximum atomic E-state index is 11.8. The Balaban J connectivity index is 2.00. The third-order valence-electron chi connectivity index (χ3n) is 2.29. The van der Waals surface area contributed by atoms with Crippen LogP contribution in [-0.2, 0) is 24.7 Å². The Morgan fingerprint density at radius 2 is 2.06 bits per heavy atom. The number of Topliss-reactive ketones (excluding diaryl/α,β-unsaturated/α-hetero) is 1. The second-order valence-corrected chi connectivity index (χ2v) is 4.65. The van der Waals surface area contributed by atoms with Crippen LogP contribution in [0.2, 0.25) is 10.0 Å². The van der Waals surface area contributed by atoms with Crippen LogP contribution in [0.25, 0.3) is 0 Å². The van der Waals surface area contributed by atoms with Crippen LogP contribution in [0.3, 0.4) is 0 Å². The van der Waals surface area contributed by atoms with Crippen LogP contribution in [0.5, 0.6) is 0 Å². The number of halogens is 2. The number of hydrogen-bond donors (Lipinski definition) is 0. The van der Waals surface area contributed by atoms with E-state index in [0.29, 0.717) is 15.9 Å². The lowest BCUT2D eigenvalue weighted by Gasteiger charge is -2.01. The van der Waals surface area contributed by atoms with Gasteiger partial charge in [0.25, 0.3) is 0 Å². The first-order valence-corrected chi connectivity index (χ1v) is 5.98. The number of benzene rings is 1. The maximum absolute atomic E-state index is 11.8. The maximum Gasteiger partial charge on any atom is 0.182 e. The monoisotopic (exact) mass is 284 g/mol. The molecule has 0 radical (unpaired) electrons. The SMILES string of the molecule is Cn1nnc(CC(=O)Cc2ccc(Cl)c(Cl)c2)n1. The molecule has 0 aliphatic heterocycles. The second kappa shape index (κ2) is 5.46. The van der Waals surface area contributed by atoms with E-state index >= 15 is 0 Å². The summed E-state index contributed by atoms with van der Waals surface area (Å²) in [6, 6.07) is 5.13. The van der Waals surface area contributed by atoms with Crippen molar-refractivity contribution in [3.63, 3.8) is 0 Å². The highest BCUT2D eigenvalue weighted by molar-refractivity contribution is 6.42. The van der Waals surface area contributed by atoms with Crippen molar-refractivity contribution in [3.05, 3.63) is 39.6 Å². The van der Waals surface area contributed by atoms with Gasteiger partial charge in [-0.15, -0.1) is 10.2 Å². The van der Waals surface area contributed by atoms with E-state index in [9.17, 15) is 4.79 Å². The Bertz CT molecular complexity index is 582. The number of ketones is 1. The van der Waals surface area contributed by atoms with E-state index in [1.807, 2.05) is 0 Å². The first-order valence-electron chi connectivity index (χ1n) is 5.23. The molecule has 1 heterocycles. The number of carbonyl (C=O) groups is 1. The normalized spacial score (nSPS) is 10.6. The Hall–Kier alpha value is -1.46. The molecule has 0 N–H and O–H groups in total. The summed E-state index contributed by atoms with van der Waals surface area (Å²) in [5, 5.41) is 12.3. The Kier molecular flexibility index (Phi) is 3.93. The van der Waals surface area contributed by atoms with Crippen molar-refractivity contribution in [1.29, 1.82) is 0 Å². The van der Waals surface area contributed by atoms with Crippen LogP contribution in [0.1, 0.15) is 11.4 Å². The van der Waals surface area contributed by atoms with Crippen LogP contribution in [0.4, 0.5) is 0 Å². The minimum atomic E-state index is 0.00129. The van der Waals surface area contributed by atoms with Crippen molar-refractivity contribution in [1.82, 2.24) is 20.2 Å². The molecule has 0 aliphatic rings. The third kappa shape index (κ3) is 3.27. The number of rotatable bonds is 4. The number of aryl methyl sites for hydroxylation is 1. The molecule has 94 valence electrons. The van der Waals surface area contributed by atoms with Gasteiger partial charge in [-0.1, -0.05) is 29.3 Å². The van der Waals surface area contributed by atoms with Gasteiger partial charge in [0.2, 0.25) is 0 Å². The van der Waals surface area contributed by atoms with Crippen LogP contribution in [-0.4, -0.2) is 26.0 Å². The molecular weight excluding hydrogens is 275 g/mol. The molecule has 0 amide bonds. The first-order chi connectivity index (χ1) is 8.54. The van der Waals surface area contributed by atoms with E-state index in [2.05, 4.69) is 15.4 Å². The first kappa shape index (κ1) is 13.0. The lowest BCUT2D eigenvalue weighted by atomic mass is 10.1. The molecule has 0 aliphatic carbocycles. The fourth-order valence-electron chi connectivity index (χ4n) is 1.51. The average molecular weight is 285 g/mol. The van der Waals surface area contributed by atoms with Gasteiger partial charge in [-0.3, -0.25) is 4.79 Å². The number of tetrazole rings is 1. The molecule has 5 nitrogen and oxygen atoms in total. The molecule has 18 heavy (non-hydrogen) atoms. The van der Waals surface area contributed by atoms with Gasteiger partial charge >= 0.3 is 0 Å². The van der Waals surface area contributed by atoms with Gasteiger partial charge in [0.1, 0.15) is 5.78 Å². The number of carbonyl (C=O) groups excluding carboxylic acids is 1. The predicted octanol–water partition coefficient (Wildman–Crippen LogP) is 1.87. The van der Waals surface area contributed by atoms with Crippen molar-refractivity contribution in [3.8, 4) is 0 Å². The zero-order valence-electron chi connectivity index (χ0n) is 9.60. The van der Waals surface area contributed by atoms with Crippen LogP contribution in [0, 0.1) is 0 Å². The van der Waals surface area contributed by atoms with Crippen molar-refractivity contribution >= 4 is 29.0 Å². The molecule has 7 heteroatoms. The molecule has 0 saturated carbocycles. The van der Waals surface area contributed by atoms with Crippen LogP contribution >= 0.6 is 23.2 Å². The van der Waals surface area contributed by atoms with Crippen molar-refractivity contribution in [2.24, 2.45) is 7.05 Å². The van der Waals surface area contributed by atoms with Crippen LogP contribution < -0.4 is 0 Å². The summed E-state index contributed by atoms with van der Waals surface area (Å²) in [7, 11) is 1.65. The number of aromatic nitrogens is 4. The molecule has 1 aromatic heterocycles. The third-order valence-corrected chi connectivity index (χ3v) is 3.03. The Morgan fingerprint density at radius 1 is 1.28 bits per heavy atom. The highest BCUT2D eigenvalue weighted by atomic mass is 35.5. The van der Waals surface area contributed by atoms with Gasteiger partial charge in [0.05, 0.1) is 23.5 Å². The fourth-order valence-corrected chi connectivity index (χ4v) is 1.83. The van der Waals surface area contributed by atoms with E-state index in [1.165, 1.54) is 4.80 Å². The van der Waals surface area contributed by atoms with Gasteiger partial charge in [0, 0.05) is 6.42 Å². The van der Waals surface area contributed by atoms with Gasteiger partial charge in [-0.25, -0.2) is 0 Å². The molecule has 0 fully saturated rings. The summed E-state index contributed by atoms with van der Waals surface area (Å²) in [5.41, 5.74) is 0.818. The van der Waals surface area contributed by atoms with Gasteiger partial charge in [0.15, 0.2) is 5.82 Å². The quantitative estimate of drug-likeness (QED) is 0.860. The minimum Gasteiger partial charge on any atom is -0.299 e. The van der Waals surface area contributed by atoms with Crippen molar-refractivity contribution in [2.45, 2.75) is 12.8 Å². The fraction of sp³-hybridized carbons (Fsp3) is 0.273. The standard InChI is InChI=1S/C11H10Cl2N4O/c1-17-15-11(14-16-17)6-8(18)4-7-2-3-9(12)10(13)5-7/h2-3,5H,4,6H2,1H3. The zero-order valence-corrected chi connectivity index (χ0v) is 11.1. The van der Waals surface area contributed by atoms with E-state index in [0.717, 1.165) is 5.56 Å². The van der Waals surface area contributed by atoms with E-state index < -0.39 is 0 Å². The van der Waals surface area contributed by atoms with Gasteiger partial charge < -0.3 is 0 Å². The minimum absolute atomic E-state index is 0.00129. The molecule has 0 bridgehead atoms. The lowest BCUT2D eigenvalue weighted by Crippen LogP contribution is -2.08. The highest BCUT2D eigenvalue weighted by Gasteiger charge is 2.10. The average Bonchev–Trinajstić information content (AvgIpc) is 2.69. The predicted molar refractivity (Wildman–Crippen MR) is 67.7 cm³/mol. The summed E-state index contributed by atoms with van der Waals surface area (Å²) in [6.45, 7) is 0. The molecule has 2 aromatic rings. The highest BCUT2D eigenvalue weighted by Crippen LogP contribution is 2.22. The molecule has 2 rings (SSSR count). The van der Waals surface area contributed by atoms with Gasteiger partial charge in [-0.05, 0) is 22.9 Å². The number of nitrogens with zero attached hydrogens (tertiary/aromatic N) is 4. The molecule has 0 spiro atoms.